The number of piperidine rings is 1. The zero-order chi connectivity index (χ0) is 22.2. The lowest BCUT2D eigenvalue weighted by Crippen LogP contribution is -2.49. The molecule has 0 aromatic heterocycles. The maximum Gasteiger partial charge on any atom is 0.225 e. The molecule has 2 heterocycles. The standard InChI is InChI=1S/C23H36FN5O2/c1-4-27(5-2)21-7-6-18(16-20(21)24)17-26-23(25-3)29-10-8-19(9-11-29)22(30)28-12-14-31-15-13-28/h6-7,16,19H,4-5,8-15,17H2,1-3H3,(H,25,26). The highest BCUT2D eigenvalue weighted by Gasteiger charge is 2.30. The van der Waals surface area contributed by atoms with E-state index in [1.54, 1.807) is 13.1 Å². The molecule has 1 N–H and O–H groups in total. The van der Waals surface area contributed by atoms with Crippen LogP contribution in [0.3, 0.4) is 0 Å². The molecule has 1 aromatic carbocycles. The van der Waals surface area contributed by atoms with Gasteiger partial charge in [-0.25, -0.2) is 4.39 Å². The number of halogens is 1. The zero-order valence-corrected chi connectivity index (χ0v) is 19.1. The summed E-state index contributed by atoms with van der Waals surface area (Å²) in [5.41, 5.74) is 1.53. The predicted molar refractivity (Wildman–Crippen MR) is 122 cm³/mol. The largest absolute Gasteiger partial charge is 0.378 e. The number of nitrogens with zero attached hydrogens (tertiary/aromatic N) is 4. The van der Waals surface area contributed by atoms with Crippen LogP contribution in [0.15, 0.2) is 23.2 Å². The summed E-state index contributed by atoms with van der Waals surface area (Å²) in [6, 6.07) is 5.41. The summed E-state index contributed by atoms with van der Waals surface area (Å²) in [5.74, 6) is 0.940. The Labute approximate surface area is 185 Å². The molecule has 0 atom stereocenters. The molecule has 1 amide bonds. The molecule has 1 aromatic rings. The third kappa shape index (κ3) is 5.87. The number of aliphatic imine (C=N–C) groups is 1. The molecule has 0 saturated carbocycles. The van der Waals surface area contributed by atoms with Crippen molar-refractivity contribution in [1.29, 1.82) is 0 Å². The number of nitrogens with one attached hydrogen (secondary N) is 1. The van der Waals surface area contributed by atoms with E-state index >= 15 is 0 Å². The molecule has 7 nitrogen and oxygen atoms in total. The van der Waals surface area contributed by atoms with Crippen molar-refractivity contribution in [3.05, 3.63) is 29.6 Å². The lowest BCUT2D eigenvalue weighted by Gasteiger charge is -2.36. The van der Waals surface area contributed by atoms with Crippen molar-refractivity contribution in [1.82, 2.24) is 15.1 Å². The molecule has 2 fully saturated rings. The Balaban J connectivity index is 1.51. The van der Waals surface area contributed by atoms with Gasteiger partial charge in [0.15, 0.2) is 5.96 Å². The second kappa shape index (κ2) is 11.3. The van der Waals surface area contributed by atoms with Crippen molar-refractivity contribution in [2.24, 2.45) is 10.9 Å². The van der Waals surface area contributed by atoms with Crippen LogP contribution in [0.25, 0.3) is 0 Å². The summed E-state index contributed by atoms with van der Waals surface area (Å²) >= 11 is 0. The summed E-state index contributed by atoms with van der Waals surface area (Å²) < 4.78 is 19.9. The molecule has 2 aliphatic heterocycles. The van der Waals surface area contributed by atoms with E-state index < -0.39 is 0 Å². The molecule has 2 aliphatic rings. The van der Waals surface area contributed by atoms with Gasteiger partial charge >= 0.3 is 0 Å². The van der Waals surface area contributed by atoms with Gasteiger partial charge in [0.1, 0.15) is 5.82 Å². The smallest absolute Gasteiger partial charge is 0.225 e. The number of anilines is 1. The van der Waals surface area contributed by atoms with E-state index in [1.165, 1.54) is 0 Å². The zero-order valence-electron chi connectivity index (χ0n) is 19.1. The van der Waals surface area contributed by atoms with Gasteiger partial charge in [-0.15, -0.1) is 0 Å². The minimum absolute atomic E-state index is 0.0779. The van der Waals surface area contributed by atoms with Crippen molar-refractivity contribution in [2.75, 3.05) is 64.4 Å². The van der Waals surface area contributed by atoms with Crippen molar-refractivity contribution < 1.29 is 13.9 Å². The summed E-state index contributed by atoms with van der Waals surface area (Å²) in [5, 5.41) is 3.35. The Morgan fingerprint density at radius 2 is 1.84 bits per heavy atom. The molecule has 0 spiro atoms. The molecule has 0 aliphatic carbocycles. The number of hydrogen-bond donors (Lipinski definition) is 1. The molecule has 0 unspecified atom stereocenters. The minimum Gasteiger partial charge on any atom is -0.378 e. The van der Waals surface area contributed by atoms with E-state index in [9.17, 15) is 9.18 Å². The number of morpholine rings is 1. The molecule has 31 heavy (non-hydrogen) atoms. The number of guanidine groups is 1. The number of likely N-dealkylation sites (tertiary alicyclic amines) is 1. The van der Waals surface area contributed by atoms with Gasteiger partial charge in [-0.3, -0.25) is 9.79 Å². The van der Waals surface area contributed by atoms with Gasteiger partial charge in [-0.05, 0) is 44.4 Å². The predicted octanol–water partition coefficient (Wildman–Crippen LogP) is 2.32. The first kappa shape index (κ1) is 23.3. The van der Waals surface area contributed by atoms with Gasteiger partial charge in [0, 0.05) is 58.8 Å². The second-order valence-electron chi connectivity index (χ2n) is 8.06. The van der Waals surface area contributed by atoms with Crippen molar-refractivity contribution >= 4 is 17.6 Å². The van der Waals surface area contributed by atoms with Crippen LogP contribution < -0.4 is 10.2 Å². The van der Waals surface area contributed by atoms with Gasteiger partial charge in [0.05, 0.1) is 18.9 Å². The van der Waals surface area contributed by atoms with Gasteiger partial charge < -0.3 is 24.8 Å². The van der Waals surface area contributed by atoms with Crippen LogP contribution in [0, 0.1) is 11.7 Å². The molecule has 0 radical (unpaired) electrons. The number of rotatable bonds is 6. The first-order valence-electron chi connectivity index (χ1n) is 11.4. The molecule has 172 valence electrons. The van der Waals surface area contributed by atoms with E-state index in [-0.39, 0.29) is 17.6 Å². The normalized spacial score (nSPS) is 18.3. The first-order valence-corrected chi connectivity index (χ1v) is 11.4. The molecule has 3 rings (SSSR count). The first-order chi connectivity index (χ1) is 15.1. The third-order valence-corrected chi connectivity index (χ3v) is 6.25. The van der Waals surface area contributed by atoms with E-state index in [0.29, 0.717) is 38.5 Å². The lowest BCUT2D eigenvalue weighted by atomic mass is 9.95. The van der Waals surface area contributed by atoms with Crippen LogP contribution in [-0.2, 0) is 16.1 Å². The third-order valence-electron chi connectivity index (χ3n) is 6.25. The SMILES string of the molecule is CCN(CC)c1ccc(CNC(=NC)N2CCC(C(=O)N3CCOCC3)CC2)cc1F. The average molecular weight is 434 g/mol. The van der Waals surface area contributed by atoms with E-state index in [2.05, 4.69) is 15.2 Å². The number of amides is 1. The monoisotopic (exact) mass is 433 g/mol. The molecular formula is C23H36FN5O2. The highest BCUT2D eigenvalue weighted by atomic mass is 19.1. The van der Waals surface area contributed by atoms with Gasteiger partial charge in [0.2, 0.25) is 5.91 Å². The molecular weight excluding hydrogens is 397 g/mol. The Bertz CT molecular complexity index is 754. The maximum atomic E-state index is 14.6. The van der Waals surface area contributed by atoms with Crippen molar-refractivity contribution in [3.8, 4) is 0 Å². The number of ether oxygens (including phenoxy) is 1. The van der Waals surface area contributed by atoms with Crippen molar-refractivity contribution in [2.45, 2.75) is 33.2 Å². The summed E-state index contributed by atoms with van der Waals surface area (Å²) in [6.07, 6.45) is 1.65. The number of hydrogen-bond acceptors (Lipinski definition) is 4. The fraction of sp³-hybridized carbons (Fsp3) is 0.652. The van der Waals surface area contributed by atoms with Crippen LogP contribution >= 0.6 is 0 Å². The Morgan fingerprint density at radius 3 is 2.42 bits per heavy atom. The van der Waals surface area contributed by atoms with Crippen LogP contribution in [0.4, 0.5) is 10.1 Å². The van der Waals surface area contributed by atoms with Crippen LogP contribution in [-0.4, -0.2) is 81.2 Å². The Hall–Kier alpha value is -2.35. The Morgan fingerprint density at radius 1 is 1.16 bits per heavy atom. The summed E-state index contributed by atoms with van der Waals surface area (Å²) in [6.45, 7) is 10.4. The highest BCUT2D eigenvalue weighted by Crippen LogP contribution is 2.22. The fourth-order valence-corrected chi connectivity index (χ4v) is 4.37. The molecule has 8 heteroatoms. The van der Waals surface area contributed by atoms with Crippen LogP contribution in [0.5, 0.6) is 0 Å². The van der Waals surface area contributed by atoms with Gasteiger partial charge in [-0.2, -0.15) is 0 Å². The van der Waals surface area contributed by atoms with Crippen LogP contribution in [0.2, 0.25) is 0 Å². The molecule has 2 saturated heterocycles. The quantitative estimate of drug-likeness (QED) is 0.551. The van der Waals surface area contributed by atoms with Gasteiger partial charge in [-0.1, -0.05) is 6.07 Å². The van der Waals surface area contributed by atoms with E-state index in [1.807, 2.05) is 35.8 Å². The van der Waals surface area contributed by atoms with E-state index in [4.69, 9.17) is 4.74 Å². The minimum atomic E-state index is -0.194. The number of carbonyl (C=O) groups excluding carboxylic acids is 1. The number of carbonyl (C=O) groups is 1. The fourth-order valence-electron chi connectivity index (χ4n) is 4.37. The van der Waals surface area contributed by atoms with Gasteiger partial charge in [0.25, 0.3) is 0 Å². The second-order valence-corrected chi connectivity index (χ2v) is 8.06. The van der Waals surface area contributed by atoms with Crippen LogP contribution in [0.1, 0.15) is 32.3 Å². The highest BCUT2D eigenvalue weighted by molar-refractivity contribution is 5.81. The molecule has 0 bridgehead atoms. The summed E-state index contributed by atoms with van der Waals surface area (Å²) in [4.78, 5) is 23.3. The Kier molecular flexibility index (Phi) is 8.51. The summed E-state index contributed by atoms with van der Waals surface area (Å²) in [7, 11) is 1.76. The maximum absolute atomic E-state index is 14.6. The number of benzene rings is 1. The lowest BCUT2D eigenvalue weighted by molar-refractivity contribution is -0.140. The topological polar surface area (TPSA) is 60.4 Å². The van der Waals surface area contributed by atoms with Crippen molar-refractivity contribution in [3.63, 3.8) is 0 Å². The van der Waals surface area contributed by atoms with E-state index in [0.717, 1.165) is 50.5 Å². The average Bonchev–Trinajstić information content (AvgIpc) is 2.82.